The molecule has 1 saturated heterocycles. The second-order valence-electron chi connectivity index (χ2n) is 9.44. The number of urea groups is 1. The van der Waals surface area contributed by atoms with Gasteiger partial charge < -0.3 is 25.2 Å². The molecule has 11 nitrogen and oxygen atoms in total. The Morgan fingerprint density at radius 1 is 0.973 bits per heavy atom. The lowest BCUT2D eigenvalue weighted by atomic mass is 9.92. The Morgan fingerprint density at radius 2 is 1.73 bits per heavy atom. The number of anilines is 3. The molecule has 0 atom stereocenters. The smallest absolute Gasteiger partial charge is 0.319 e. The third-order valence-electron chi connectivity index (χ3n) is 6.87. The molecular weight excluding hydrogens is 472 g/mol. The Morgan fingerprint density at radius 3 is 2.46 bits per heavy atom. The van der Waals surface area contributed by atoms with Crippen LogP contribution in [0.4, 0.5) is 22.2 Å². The van der Waals surface area contributed by atoms with Gasteiger partial charge in [0, 0.05) is 67.7 Å². The summed E-state index contributed by atoms with van der Waals surface area (Å²) in [5.41, 5.74) is 3.66. The minimum Gasteiger partial charge on any atom is -0.378 e. The van der Waals surface area contributed by atoms with Crippen molar-refractivity contribution in [3.05, 3.63) is 54.0 Å². The molecule has 2 N–H and O–H groups in total. The van der Waals surface area contributed by atoms with Gasteiger partial charge in [0.15, 0.2) is 5.82 Å². The summed E-state index contributed by atoms with van der Waals surface area (Å²) in [5.74, 6) is 2.48. The predicted octanol–water partition coefficient (Wildman–Crippen LogP) is 2.19. The molecule has 0 spiro atoms. The van der Waals surface area contributed by atoms with E-state index in [0.29, 0.717) is 50.1 Å². The van der Waals surface area contributed by atoms with Crippen LogP contribution in [-0.2, 0) is 22.5 Å². The van der Waals surface area contributed by atoms with Crippen LogP contribution in [0.2, 0.25) is 0 Å². The first kappa shape index (κ1) is 23.3. The van der Waals surface area contributed by atoms with Crippen molar-refractivity contribution in [1.29, 1.82) is 0 Å². The molecule has 2 aliphatic heterocycles. The lowest BCUT2D eigenvalue weighted by Gasteiger charge is -2.34. The molecule has 11 heteroatoms. The molecular formula is C26H28N8O3. The molecule has 1 aliphatic carbocycles. The standard InChI is InChI=1S/C26H28N8O3/c35-20-14-19(15-20)30-26(36)29-18-4-2-17(3-5-18)23-31-22-16-34(25-27-7-1-8-28-25)9-6-21(22)24(32-23)33-10-12-37-13-11-33/h1-5,7-8,19H,6,9-16H2,(H2,29,30,36). The largest absolute Gasteiger partial charge is 0.378 e. The summed E-state index contributed by atoms with van der Waals surface area (Å²) in [6.07, 6.45) is 5.13. The van der Waals surface area contributed by atoms with Crippen molar-refractivity contribution < 1.29 is 14.3 Å². The SMILES string of the molecule is O=C1CC(NC(=O)Nc2ccc(-c3nc4c(c(N5CCOCC5)n3)CCN(c3ncccn3)C4)cc2)C1. The predicted molar refractivity (Wildman–Crippen MR) is 137 cm³/mol. The molecule has 3 aliphatic rings. The normalized spacial score (nSPS) is 17.7. The number of nitrogens with zero attached hydrogens (tertiary/aromatic N) is 6. The third-order valence-corrected chi connectivity index (χ3v) is 6.87. The molecule has 37 heavy (non-hydrogen) atoms. The average molecular weight is 501 g/mol. The Balaban J connectivity index is 1.25. The zero-order valence-electron chi connectivity index (χ0n) is 20.4. The number of morpholine rings is 1. The van der Waals surface area contributed by atoms with Crippen molar-refractivity contribution in [1.82, 2.24) is 25.3 Å². The van der Waals surface area contributed by atoms with Crippen LogP contribution in [-0.4, -0.2) is 70.6 Å². The molecule has 2 aromatic heterocycles. The lowest BCUT2D eigenvalue weighted by molar-refractivity contribution is -0.124. The van der Waals surface area contributed by atoms with Crippen LogP contribution in [0, 0.1) is 0 Å². The first-order valence-electron chi connectivity index (χ1n) is 12.6. The van der Waals surface area contributed by atoms with Crippen molar-refractivity contribution in [3.63, 3.8) is 0 Å². The van der Waals surface area contributed by atoms with Gasteiger partial charge in [-0.05, 0) is 36.8 Å². The highest BCUT2D eigenvalue weighted by molar-refractivity contribution is 5.92. The molecule has 4 heterocycles. The van der Waals surface area contributed by atoms with Crippen LogP contribution < -0.4 is 20.4 Å². The highest BCUT2D eigenvalue weighted by Gasteiger charge is 2.28. The number of nitrogens with one attached hydrogen (secondary N) is 2. The zero-order chi connectivity index (χ0) is 25.2. The highest BCUT2D eigenvalue weighted by atomic mass is 16.5. The van der Waals surface area contributed by atoms with Crippen molar-refractivity contribution >= 4 is 29.3 Å². The number of aromatic nitrogens is 4. The molecule has 0 bridgehead atoms. The number of hydrogen-bond acceptors (Lipinski definition) is 9. The van der Waals surface area contributed by atoms with Gasteiger partial charge in [0.25, 0.3) is 0 Å². The van der Waals surface area contributed by atoms with Gasteiger partial charge in [-0.1, -0.05) is 0 Å². The van der Waals surface area contributed by atoms with E-state index in [2.05, 4.69) is 30.4 Å². The van der Waals surface area contributed by atoms with Crippen LogP contribution in [0.25, 0.3) is 11.4 Å². The number of ketones is 1. The van der Waals surface area contributed by atoms with E-state index in [9.17, 15) is 9.59 Å². The third kappa shape index (κ3) is 5.08. The number of Topliss-reactive ketones (excluding diaryl/α,β-unsaturated/α-hetero) is 1. The summed E-state index contributed by atoms with van der Waals surface area (Å²) in [5, 5.41) is 5.64. The summed E-state index contributed by atoms with van der Waals surface area (Å²) in [4.78, 5) is 46.6. The molecule has 1 aromatic carbocycles. The Hall–Kier alpha value is -4.12. The van der Waals surface area contributed by atoms with E-state index in [1.54, 1.807) is 12.4 Å². The number of rotatable bonds is 5. The van der Waals surface area contributed by atoms with Gasteiger partial charge in [0.2, 0.25) is 5.95 Å². The quantitative estimate of drug-likeness (QED) is 0.542. The number of benzene rings is 1. The van der Waals surface area contributed by atoms with Crippen LogP contribution >= 0.6 is 0 Å². The van der Waals surface area contributed by atoms with E-state index in [-0.39, 0.29) is 17.9 Å². The lowest BCUT2D eigenvalue weighted by Crippen LogP contribution is -2.46. The van der Waals surface area contributed by atoms with Crippen molar-refractivity contribution in [2.45, 2.75) is 31.8 Å². The van der Waals surface area contributed by atoms with E-state index >= 15 is 0 Å². The fourth-order valence-corrected chi connectivity index (χ4v) is 4.85. The van der Waals surface area contributed by atoms with Crippen molar-refractivity contribution in [3.8, 4) is 11.4 Å². The highest BCUT2D eigenvalue weighted by Crippen LogP contribution is 2.31. The minimum atomic E-state index is -0.312. The zero-order valence-corrected chi connectivity index (χ0v) is 20.4. The fourth-order valence-electron chi connectivity index (χ4n) is 4.85. The second-order valence-corrected chi connectivity index (χ2v) is 9.44. The second kappa shape index (κ2) is 10.1. The maximum absolute atomic E-state index is 12.2. The van der Waals surface area contributed by atoms with Gasteiger partial charge in [0.05, 0.1) is 25.5 Å². The summed E-state index contributed by atoms with van der Waals surface area (Å²) in [6.45, 7) is 4.34. The maximum atomic E-state index is 12.2. The van der Waals surface area contributed by atoms with E-state index in [1.165, 1.54) is 5.56 Å². The summed E-state index contributed by atoms with van der Waals surface area (Å²) < 4.78 is 5.57. The fraction of sp³-hybridized carbons (Fsp3) is 0.385. The first-order chi connectivity index (χ1) is 18.1. The van der Waals surface area contributed by atoms with Crippen LogP contribution in [0.5, 0.6) is 0 Å². The number of carbonyl (C=O) groups excluding carboxylic acids is 2. The maximum Gasteiger partial charge on any atom is 0.319 e. The van der Waals surface area contributed by atoms with Gasteiger partial charge in [-0.2, -0.15) is 0 Å². The van der Waals surface area contributed by atoms with Gasteiger partial charge in [0.1, 0.15) is 11.6 Å². The van der Waals surface area contributed by atoms with Crippen LogP contribution in [0.15, 0.2) is 42.7 Å². The molecule has 2 fully saturated rings. The van der Waals surface area contributed by atoms with Gasteiger partial charge >= 0.3 is 6.03 Å². The Bertz CT molecular complexity index is 1290. The number of ether oxygens (including phenoxy) is 1. The van der Waals surface area contributed by atoms with Crippen LogP contribution in [0.3, 0.4) is 0 Å². The topological polar surface area (TPSA) is 125 Å². The monoisotopic (exact) mass is 500 g/mol. The van der Waals surface area contributed by atoms with Gasteiger partial charge in [-0.3, -0.25) is 4.79 Å². The van der Waals surface area contributed by atoms with E-state index < -0.39 is 0 Å². The number of hydrogen-bond donors (Lipinski definition) is 2. The molecule has 3 aromatic rings. The molecule has 0 radical (unpaired) electrons. The molecule has 190 valence electrons. The van der Waals surface area contributed by atoms with E-state index in [0.717, 1.165) is 43.1 Å². The molecule has 0 unspecified atom stereocenters. The molecule has 1 saturated carbocycles. The van der Waals surface area contributed by atoms with Gasteiger partial charge in [-0.25, -0.2) is 24.7 Å². The number of fused-ring (bicyclic) bond motifs is 1. The average Bonchev–Trinajstić information content (AvgIpc) is 2.92. The Kier molecular flexibility index (Phi) is 6.35. The van der Waals surface area contributed by atoms with E-state index in [1.807, 2.05) is 30.3 Å². The number of amides is 2. The van der Waals surface area contributed by atoms with Crippen LogP contribution in [0.1, 0.15) is 24.1 Å². The van der Waals surface area contributed by atoms with E-state index in [4.69, 9.17) is 14.7 Å². The Labute approximate surface area is 214 Å². The van der Waals surface area contributed by atoms with Gasteiger partial charge in [-0.15, -0.1) is 0 Å². The minimum absolute atomic E-state index is 0.0740. The summed E-state index contributed by atoms with van der Waals surface area (Å²) >= 11 is 0. The molecule has 2 amide bonds. The molecule has 6 rings (SSSR count). The van der Waals surface area contributed by atoms with Crippen molar-refractivity contribution in [2.75, 3.05) is 48.0 Å². The number of carbonyl (C=O) groups is 2. The summed E-state index contributed by atoms with van der Waals surface area (Å²) in [6, 6.07) is 8.92. The summed E-state index contributed by atoms with van der Waals surface area (Å²) in [7, 11) is 0. The van der Waals surface area contributed by atoms with Crippen molar-refractivity contribution in [2.24, 2.45) is 0 Å². The first-order valence-corrected chi connectivity index (χ1v) is 12.6.